The summed E-state index contributed by atoms with van der Waals surface area (Å²) < 4.78 is 5.32. The molecule has 7 nitrogen and oxygen atoms in total. The summed E-state index contributed by atoms with van der Waals surface area (Å²) in [5, 5.41) is 11.6. The van der Waals surface area contributed by atoms with E-state index >= 15 is 0 Å². The van der Waals surface area contributed by atoms with Crippen LogP contribution in [0.2, 0.25) is 0 Å². The second-order valence-corrected chi connectivity index (χ2v) is 5.32. The second-order valence-electron chi connectivity index (χ2n) is 5.32. The number of rotatable bonds is 4. The molecule has 1 aliphatic heterocycles. The Kier molecular flexibility index (Phi) is 4.99. The van der Waals surface area contributed by atoms with Crippen molar-refractivity contribution in [2.24, 2.45) is 0 Å². The summed E-state index contributed by atoms with van der Waals surface area (Å²) >= 11 is 0. The van der Waals surface area contributed by atoms with Crippen molar-refractivity contribution in [2.75, 3.05) is 31.2 Å². The van der Waals surface area contributed by atoms with Crippen molar-refractivity contribution in [1.82, 2.24) is 15.3 Å². The molecular formula is C17H17N5O2. The van der Waals surface area contributed by atoms with Crippen LogP contribution in [0.4, 0.5) is 5.95 Å². The van der Waals surface area contributed by atoms with E-state index in [1.807, 2.05) is 6.07 Å². The lowest BCUT2D eigenvalue weighted by atomic mass is 10.1. The summed E-state index contributed by atoms with van der Waals surface area (Å²) in [5.41, 5.74) is 1.78. The van der Waals surface area contributed by atoms with E-state index in [2.05, 4.69) is 20.2 Å². The maximum Gasteiger partial charge on any atom is 0.251 e. The van der Waals surface area contributed by atoms with Crippen molar-refractivity contribution in [3.63, 3.8) is 0 Å². The third-order valence-electron chi connectivity index (χ3n) is 3.70. The number of anilines is 1. The number of carbonyl (C=O) groups excluding carboxylic acids is 1. The predicted octanol–water partition coefficient (Wildman–Crippen LogP) is 1.11. The van der Waals surface area contributed by atoms with Crippen LogP contribution < -0.4 is 10.2 Å². The van der Waals surface area contributed by atoms with Gasteiger partial charge >= 0.3 is 0 Å². The highest BCUT2D eigenvalue weighted by molar-refractivity contribution is 5.94. The van der Waals surface area contributed by atoms with Crippen LogP contribution in [0.3, 0.4) is 0 Å². The zero-order chi connectivity index (χ0) is 16.8. The highest BCUT2D eigenvalue weighted by Gasteiger charge is 2.14. The number of aromatic nitrogens is 2. The van der Waals surface area contributed by atoms with Gasteiger partial charge in [0.25, 0.3) is 5.91 Å². The Balaban J connectivity index is 1.61. The SMILES string of the molecule is N#Cc1ccc(C(=O)NCc2ccnc(N3CCOCC3)n2)cc1. The van der Waals surface area contributed by atoms with E-state index in [0.717, 1.165) is 18.8 Å². The Bertz CT molecular complexity index is 748. The van der Waals surface area contributed by atoms with Crippen molar-refractivity contribution < 1.29 is 9.53 Å². The standard InChI is InChI=1S/C17H17N5O2/c18-11-13-1-3-14(4-2-13)16(23)20-12-15-5-6-19-17(21-15)22-7-9-24-10-8-22/h1-6H,7-10,12H2,(H,20,23). The number of morpholine rings is 1. The first kappa shape index (κ1) is 15.9. The normalized spacial score (nSPS) is 14.0. The predicted molar refractivity (Wildman–Crippen MR) is 87.4 cm³/mol. The Morgan fingerprint density at radius 2 is 2.00 bits per heavy atom. The van der Waals surface area contributed by atoms with Gasteiger partial charge in [0.1, 0.15) is 0 Å². The highest BCUT2D eigenvalue weighted by atomic mass is 16.5. The summed E-state index contributed by atoms with van der Waals surface area (Å²) in [6.45, 7) is 3.19. The Labute approximate surface area is 139 Å². The molecule has 0 radical (unpaired) electrons. The van der Waals surface area contributed by atoms with Crippen LogP contribution in [-0.2, 0) is 11.3 Å². The molecule has 24 heavy (non-hydrogen) atoms. The van der Waals surface area contributed by atoms with E-state index in [0.29, 0.717) is 36.8 Å². The van der Waals surface area contributed by atoms with Gasteiger partial charge in [-0.3, -0.25) is 4.79 Å². The summed E-state index contributed by atoms with van der Waals surface area (Å²) in [4.78, 5) is 23.0. The molecule has 122 valence electrons. The molecule has 7 heteroatoms. The van der Waals surface area contributed by atoms with E-state index in [-0.39, 0.29) is 5.91 Å². The first-order valence-corrected chi connectivity index (χ1v) is 7.69. The number of nitrogens with zero attached hydrogens (tertiary/aromatic N) is 4. The minimum absolute atomic E-state index is 0.203. The molecule has 1 fully saturated rings. The molecule has 1 N–H and O–H groups in total. The van der Waals surface area contributed by atoms with Gasteiger partial charge < -0.3 is 15.0 Å². The largest absolute Gasteiger partial charge is 0.378 e. The quantitative estimate of drug-likeness (QED) is 0.906. The highest BCUT2D eigenvalue weighted by Crippen LogP contribution is 2.10. The van der Waals surface area contributed by atoms with Gasteiger partial charge in [0, 0.05) is 24.8 Å². The molecule has 3 rings (SSSR count). The number of hydrogen-bond donors (Lipinski definition) is 1. The molecule has 1 aromatic heterocycles. The third kappa shape index (κ3) is 3.86. The molecular weight excluding hydrogens is 306 g/mol. The smallest absolute Gasteiger partial charge is 0.251 e. The monoisotopic (exact) mass is 323 g/mol. The molecule has 0 spiro atoms. The molecule has 1 aromatic carbocycles. The minimum atomic E-state index is -0.203. The second kappa shape index (κ2) is 7.53. The maximum absolute atomic E-state index is 12.1. The summed E-state index contributed by atoms with van der Waals surface area (Å²) in [6, 6.07) is 10.3. The van der Waals surface area contributed by atoms with Crippen molar-refractivity contribution in [3.05, 3.63) is 53.3 Å². The van der Waals surface area contributed by atoms with Gasteiger partial charge in [-0.25, -0.2) is 9.97 Å². The van der Waals surface area contributed by atoms with Crippen LogP contribution in [0.15, 0.2) is 36.5 Å². The van der Waals surface area contributed by atoms with Crippen LogP contribution in [0.5, 0.6) is 0 Å². The minimum Gasteiger partial charge on any atom is -0.378 e. The molecule has 1 amide bonds. The van der Waals surface area contributed by atoms with Crippen LogP contribution in [0, 0.1) is 11.3 Å². The summed E-state index contributed by atoms with van der Waals surface area (Å²) in [5.74, 6) is 0.453. The Morgan fingerprint density at radius 3 is 2.71 bits per heavy atom. The molecule has 1 aliphatic rings. The maximum atomic E-state index is 12.1. The van der Waals surface area contributed by atoms with E-state index in [4.69, 9.17) is 10.00 Å². The van der Waals surface area contributed by atoms with E-state index < -0.39 is 0 Å². The molecule has 2 heterocycles. The van der Waals surface area contributed by atoms with Gasteiger partial charge in [0.2, 0.25) is 5.95 Å². The fourth-order valence-electron chi connectivity index (χ4n) is 2.37. The fraction of sp³-hybridized carbons (Fsp3) is 0.294. The lowest BCUT2D eigenvalue weighted by Gasteiger charge is -2.26. The number of carbonyl (C=O) groups is 1. The van der Waals surface area contributed by atoms with Gasteiger partial charge in [0.05, 0.1) is 37.1 Å². The molecule has 0 unspecified atom stereocenters. The molecule has 2 aromatic rings. The van der Waals surface area contributed by atoms with Crippen molar-refractivity contribution in [3.8, 4) is 6.07 Å². The van der Waals surface area contributed by atoms with E-state index in [1.165, 1.54) is 0 Å². The summed E-state index contributed by atoms with van der Waals surface area (Å²) in [6.07, 6.45) is 1.70. The van der Waals surface area contributed by atoms with Crippen LogP contribution in [0.25, 0.3) is 0 Å². The fourth-order valence-corrected chi connectivity index (χ4v) is 2.37. The average Bonchev–Trinajstić information content (AvgIpc) is 2.67. The molecule has 1 saturated heterocycles. The topological polar surface area (TPSA) is 91.1 Å². The van der Waals surface area contributed by atoms with E-state index in [1.54, 1.807) is 36.5 Å². The van der Waals surface area contributed by atoms with Gasteiger partial charge in [-0.15, -0.1) is 0 Å². The van der Waals surface area contributed by atoms with Gasteiger partial charge in [-0.1, -0.05) is 0 Å². The first-order chi connectivity index (χ1) is 11.8. The van der Waals surface area contributed by atoms with Crippen molar-refractivity contribution in [1.29, 1.82) is 5.26 Å². The zero-order valence-corrected chi connectivity index (χ0v) is 13.1. The first-order valence-electron chi connectivity index (χ1n) is 7.69. The number of nitriles is 1. The Hall–Kier alpha value is -2.98. The molecule has 0 bridgehead atoms. The number of hydrogen-bond acceptors (Lipinski definition) is 6. The zero-order valence-electron chi connectivity index (χ0n) is 13.1. The molecule has 0 saturated carbocycles. The van der Waals surface area contributed by atoms with Crippen LogP contribution in [-0.4, -0.2) is 42.2 Å². The number of nitrogens with one attached hydrogen (secondary N) is 1. The Morgan fingerprint density at radius 1 is 1.25 bits per heavy atom. The third-order valence-corrected chi connectivity index (χ3v) is 3.70. The van der Waals surface area contributed by atoms with Crippen LogP contribution >= 0.6 is 0 Å². The van der Waals surface area contributed by atoms with Gasteiger partial charge in [-0.2, -0.15) is 5.26 Å². The van der Waals surface area contributed by atoms with Crippen LogP contribution in [0.1, 0.15) is 21.6 Å². The number of ether oxygens (including phenoxy) is 1. The summed E-state index contributed by atoms with van der Waals surface area (Å²) in [7, 11) is 0. The lowest BCUT2D eigenvalue weighted by molar-refractivity contribution is 0.0950. The lowest BCUT2D eigenvalue weighted by Crippen LogP contribution is -2.37. The molecule has 0 atom stereocenters. The molecule has 0 aliphatic carbocycles. The van der Waals surface area contributed by atoms with Crippen molar-refractivity contribution >= 4 is 11.9 Å². The number of benzene rings is 1. The van der Waals surface area contributed by atoms with Gasteiger partial charge in [0.15, 0.2) is 0 Å². The number of amides is 1. The van der Waals surface area contributed by atoms with Crippen molar-refractivity contribution in [2.45, 2.75) is 6.54 Å². The average molecular weight is 323 g/mol. The van der Waals surface area contributed by atoms with Gasteiger partial charge in [-0.05, 0) is 30.3 Å². The van der Waals surface area contributed by atoms with E-state index in [9.17, 15) is 4.79 Å².